The van der Waals surface area contributed by atoms with E-state index in [4.69, 9.17) is 9.47 Å². The van der Waals surface area contributed by atoms with E-state index in [1.54, 1.807) is 27.3 Å². The van der Waals surface area contributed by atoms with Crippen LogP contribution in [0.3, 0.4) is 0 Å². The number of methoxy groups -OCH3 is 1. The summed E-state index contributed by atoms with van der Waals surface area (Å²) in [5, 5.41) is 0. The first-order valence-electron chi connectivity index (χ1n) is 5.65. The lowest BCUT2D eigenvalue weighted by atomic mass is 10.2. The number of ether oxygens (including phenoxy) is 2. The van der Waals surface area contributed by atoms with E-state index in [2.05, 4.69) is 0 Å². The summed E-state index contributed by atoms with van der Waals surface area (Å²) in [4.78, 5) is 15.0. The highest BCUT2D eigenvalue weighted by molar-refractivity contribution is 5.71. The van der Waals surface area contributed by atoms with Gasteiger partial charge in [-0.15, -0.1) is 0 Å². The molecule has 0 aromatic heterocycles. The molecule has 5 heteroatoms. The van der Waals surface area contributed by atoms with E-state index in [0.29, 0.717) is 18.0 Å². The molecule has 1 rings (SSSR count). The van der Waals surface area contributed by atoms with Crippen molar-refractivity contribution in [3.05, 3.63) is 23.8 Å². The maximum absolute atomic E-state index is 11.7. The zero-order valence-electron chi connectivity index (χ0n) is 11.6. The van der Waals surface area contributed by atoms with E-state index < -0.39 is 6.09 Å². The van der Waals surface area contributed by atoms with Crippen molar-refractivity contribution >= 4 is 6.09 Å². The Morgan fingerprint density at radius 3 is 2.39 bits per heavy atom. The Hall–Kier alpha value is -1.75. The van der Waals surface area contributed by atoms with Crippen LogP contribution in [0.5, 0.6) is 11.5 Å². The van der Waals surface area contributed by atoms with Gasteiger partial charge in [0.15, 0.2) is 11.5 Å². The molecule has 18 heavy (non-hydrogen) atoms. The number of hydrogen-bond donors (Lipinski definition) is 0. The highest BCUT2D eigenvalue weighted by Crippen LogP contribution is 2.32. The summed E-state index contributed by atoms with van der Waals surface area (Å²) < 4.78 is 10.6. The van der Waals surface area contributed by atoms with Gasteiger partial charge < -0.3 is 19.3 Å². The Labute approximate surface area is 108 Å². The summed E-state index contributed by atoms with van der Waals surface area (Å²) in [5.41, 5.74) is 0.912. The van der Waals surface area contributed by atoms with Crippen LogP contribution in [-0.2, 0) is 6.54 Å². The second kappa shape index (κ2) is 6.26. The zero-order chi connectivity index (χ0) is 13.7. The van der Waals surface area contributed by atoms with Gasteiger partial charge in [-0.05, 0) is 20.2 Å². The molecule has 0 radical (unpaired) electrons. The fourth-order valence-electron chi connectivity index (χ4n) is 1.48. The average molecular weight is 252 g/mol. The quantitative estimate of drug-likeness (QED) is 0.819. The van der Waals surface area contributed by atoms with Crippen LogP contribution in [0.2, 0.25) is 0 Å². The highest BCUT2D eigenvalue weighted by atomic mass is 16.6. The minimum absolute atomic E-state index is 0.417. The van der Waals surface area contributed by atoms with Gasteiger partial charge in [0.1, 0.15) is 0 Å². The van der Waals surface area contributed by atoms with Crippen molar-refractivity contribution in [2.75, 3.05) is 35.3 Å². The molecule has 0 aliphatic heterocycles. The van der Waals surface area contributed by atoms with Gasteiger partial charge >= 0.3 is 6.09 Å². The third-order valence-electron chi connectivity index (χ3n) is 2.32. The third-order valence-corrected chi connectivity index (χ3v) is 2.32. The molecule has 1 aromatic carbocycles. The van der Waals surface area contributed by atoms with Gasteiger partial charge in [-0.25, -0.2) is 4.79 Å². The van der Waals surface area contributed by atoms with Gasteiger partial charge in [-0.3, -0.25) is 0 Å². The molecular formula is C13H20N2O3. The van der Waals surface area contributed by atoms with Crippen LogP contribution in [0.25, 0.3) is 0 Å². The minimum Gasteiger partial charge on any atom is -0.493 e. The normalized spacial score (nSPS) is 10.3. The molecule has 1 aromatic rings. The van der Waals surface area contributed by atoms with E-state index in [1.807, 2.05) is 31.1 Å². The van der Waals surface area contributed by atoms with Gasteiger partial charge in [0, 0.05) is 26.2 Å². The van der Waals surface area contributed by atoms with E-state index in [9.17, 15) is 4.79 Å². The van der Waals surface area contributed by atoms with E-state index >= 15 is 0 Å². The average Bonchev–Trinajstić information content (AvgIpc) is 2.30. The summed E-state index contributed by atoms with van der Waals surface area (Å²) in [5.74, 6) is 1.04. The summed E-state index contributed by atoms with van der Waals surface area (Å²) >= 11 is 0. The molecule has 0 aliphatic rings. The maximum atomic E-state index is 11.7. The van der Waals surface area contributed by atoms with E-state index in [0.717, 1.165) is 5.56 Å². The van der Waals surface area contributed by atoms with Gasteiger partial charge in [0.2, 0.25) is 0 Å². The van der Waals surface area contributed by atoms with Crippen molar-refractivity contribution in [3.8, 4) is 11.5 Å². The van der Waals surface area contributed by atoms with Crippen LogP contribution in [0, 0.1) is 0 Å². The van der Waals surface area contributed by atoms with E-state index in [-0.39, 0.29) is 0 Å². The van der Waals surface area contributed by atoms with Crippen LogP contribution in [0.1, 0.15) is 5.56 Å². The number of para-hydroxylation sites is 1. The first-order chi connectivity index (χ1) is 8.45. The standard InChI is InChI=1S/C13H20N2O3/c1-14(2)9-10-7-6-8-11(17-5)12(10)18-13(16)15(3)4/h6-8H,9H2,1-5H3. The van der Waals surface area contributed by atoms with Crippen molar-refractivity contribution in [2.24, 2.45) is 0 Å². The van der Waals surface area contributed by atoms with Crippen LogP contribution >= 0.6 is 0 Å². The number of carbonyl (C=O) groups is 1. The highest BCUT2D eigenvalue weighted by Gasteiger charge is 2.16. The molecule has 0 unspecified atom stereocenters. The Bertz CT molecular complexity index is 417. The molecular weight excluding hydrogens is 232 g/mol. The first-order valence-corrected chi connectivity index (χ1v) is 5.65. The van der Waals surface area contributed by atoms with Crippen molar-refractivity contribution in [1.82, 2.24) is 9.80 Å². The zero-order valence-corrected chi connectivity index (χ0v) is 11.6. The monoisotopic (exact) mass is 252 g/mol. The van der Waals surface area contributed by atoms with Gasteiger partial charge in [-0.1, -0.05) is 12.1 Å². The summed E-state index contributed by atoms with van der Waals surface area (Å²) in [6.45, 7) is 0.674. The number of benzene rings is 1. The summed E-state index contributed by atoms with van der Waals surface area (Å²) in [6.07, 6.45) is -0.417. The predicted molar refractivity (Wildman–Crippen MR) is 70.1 cm³/mol. The van der Waals surface area contributed by atoms with Crippen LogP contribution in [0.4, 0.5) is 4.79 Å². The Morgan fingerprint density at radius 1 is 1.22 bits per heavy atom. The number of rotatable bonds is 4. The van der Waals surface area contributed by atoms with Gasteiger partial charge in [0.05, 0.1) is 7.11 Å². The number of amides is 1. The number of nitrogens with zero attached hydrogens (tertiary/aromatic N) is 2. The SMILES string of the molecule is COc1cccc(CN(C)C)c1OC(=O)N(C)C. The summed E-state index contributed by atoms with van der Waals surface area (Å²) in [7, 11) is 8.75. The van der Waals surface area contributed by atoms with Gasteiger partial charge in [-0.2, -0.15) is 0 Å². The lowest BCUT2D eigenvalue weighted by Gasteiger charge is -2.18. The smallest absolute Gasteiger partial charge is 0.414 e. The lowest BCUT2D eigenvalue weighted by Crippen LogP contribution is -2.26. The largest absolute Gasteiger partial charge is 0.493 e. The molecule has 5 nitrogen and oxygen atoms in total. The Balaban J connectivity index is 3.07. The molecule has 0 heterocycles. The first kappa shape index (κ1) is 14.3. The molecule has 0 atom stereocenters. The second-order valence-corrected chi connectivity index (χ2v) is 4.45. The molecule has 0 spiro atoms. The van der Waals surface area contributed by atoms with Crippen molar-refractivity contribution in [2.45, 2.75) is 6.54 Å². The number of carbonyl (C=O) groups excluding carboxylic acids is 1. The fourth-order valence-corrected chi connectivity index (χ4v) is 1.48. The third kappa shape index (κ3) is 3.63. The molecule has 0 saturated carbocycles. The fraction of sp³-hybridized carbons (Fsp3) is 0.462. The molecule has 0 bridgehead atoms. The predicted octanol–water partition coefficient (Wildman–Crippen LogP) is 1.82. The Kier molecular flexibility index (Phi) is 4.97. The Morgan fingerprint density at radius 2 is 1.89 bits per heavy atom. The molecule has 0 saturated heterocycles. The topological polar surface area (TPSA) is 42.0 Å². The maximum Gasteiger partial charge on any atom is 0.414 e. The molecule has 0 fully saturated rings. The molecule has 100 valence electrons. The van der Waals surface area contributed by atoms with Crippen molar-refractivity contribution < 1.29 is 14.3 Å². The molecule has 0 N–H and O–H groups in total. The van der Waals surface area contributed by atoms with Gasteiger partial charge in [0.25, 0.3) is 0 Å². The van der Waals surface area contributed by atoms with Crippen molar-refractivity contribution in [3.63, 3.8) is 0 Å². The van der Waals surface area contributed by atoms with Crippen LogP contribution < -0.4 is 9.47 Å². The minimum atomic E-state index is -0.417. The van der Waals surface area contributed by atoms with Crippen LogP contribution in [-0.4, -0.2) is 51.2 Å². The lowest BCUT2D eigenvalue weighted by molar-refractivity contribution is 0.169. The van der Waals surface area contributed by atoms with E-state index in [1.165, 1.54) is 4.90 Å². The summed E-state index contributed by atoms with van der Waals surface area (Å²) in [6, 6.07) is 5.57. The molecule has 1 amide bonds. The second-order valence-electron chi connectivity index (χ2n) is 4.45. The van der Waals surface area contributed by atoms with Crippen molar-refractivity contribution in [1.29, 1.82) is 0 Å². The molecule has 0 aliphatic carbocycles. The van der Waals surface area contributed by atoms with Crippen LogP contribution in [0.15, 0.2) is 18.2 Å². The number of hydrogen-bond acceptors (Lipinski definition) is 4.